The summed E-state index contributed by atoms with van der Waals surface area (Å²) in [4.78, 5) is 25.4. The fourth-order valence-electron chi connectivity index (χ4n) is 3.14. The van der Waals surface area contributed by atoms with Crippen LogP contribution in [0.25, 0.3) is 0 Å². The highest BCUT2D eigenvalue weighted by Gasteiger charge is 2.16. The van der Waals surface area contributed by atoms with Crippen molar-refractivity contribution >= 4 is 23.1 Å². The van der Waals surface area contributed by atoms with Crippen LogP contribution in [-0.4, -0.2) is 30.0 Å². The van der Waals surface area contributed by atoms with Gasteiger partial charge in [0.1, 0.15) is 5.75 Å². The van der Waals surface area contributed by atoms with Crippen molar-refractivity contribution in [2.75, 3.05) is 13.7 Å². The lowest BCUT2D eigenvalue weighted by atomic mass is 10.1. The van der Waals surface area contributed by atoms with Crippen LogP contribution in [0.4, 0.5) is 0 Å². The van der Waals surface area contributed by atoms with E-state index < -0.39 is 5.97 Å². The van der Waals surface area contributed by atoms with Gasteiger partial charge in [-0.05, 0) is 62.0 Å². The van der Waals surface area contributed by atoms with E-state index in [0.29, 0.717) is 16.9 Å². The van der Waals surface area contributed by atoms with Gasteiger partial charge in [0.05, 0.1) is 12.7 Å². The number of aryl methyl sites for hydroxylation is 2. The van der Waals surface area contributed by atoms with Gasteiger partial charge in [0.15, 0.2) is 6.61 Å². The molecule has 5 nitrogen and oxygen atoms in total. The van der Waals surface area contributed by atoms with Gasteiger partial charge in [0.25, 0.3) is 0 Å². The van der Waals surface area contributed by atoms with Crippen LogP contribution in [0, 0.1) is 13.8 Å². The molecule has 0 atom stereocenters. The Morgan fingerprint density at radius 3 is 2.50 bits per heavy atom. The summed E-state index contributed by atoms with van der Waals surface area (Å²) in [6, 6.07) is 12.7. The number of Topliss-reactive ketones (excluding diaryl/α,β-unsaturated/α-hetero) is 1. The molecule has 6 heteroatoms. The molecule has 2 aromatic heterocycles. The second-order valence-electron chi connectivity index (χ2n) is 6.49. The van der Waals surface area contributed by atoms with Gasteiger partial charge in [-0.2, -0.15) is 0 Å². The first kappa shape index (κ1) is 19.9. The van der Waals surface area contributed by atoms with E-state index >= 15 is 0 Å². The lowest BCUT2D eigenvalue weighted by molar-refractivity contribution is 0.0600. The van der Waals surface area contributed by atoms with E-state index in [1.165, 1.54) is 12.0 Å². The topological polar surface area (TPSA) is 57.5 Å². The summed E-state index contributed by atoms with van der Waals surface area (Å²) >= 11 is 1.75. The van der Waals surface area contributed by atoms with Gasteiger partial charge in [0, 0.05) is 28.4 Å². The zero-order chi connectivity index (χ0) is 20.1. The van der Waals surface area contributed by atoms with Gasteiger partial charge in [-0.15, -0.1) is 11.3 Å². The predicted octanol–water partition coefficient (Wildman–Crippen LogP) is 4.46. The molecule has 0 aliphatic rings. The molecule has 3 aromatic rings. The van der Waals surface area contributed by atoms with Crippen molar-refractivity contribution in [1.82, 2.24) is 4.57 Å². The summed E-state index contributed by atoms with van der Waals surface area (Å²) in [7, 11) is 1.34. The van der Waals surface area contributed by atoms with Crippen molar-refractivity contribution < 1.29 is 19.1 Å². The Labute approximate surface area is 168 Å². The Kier molecular flexibility index (Phi) is 6.31. The average Bonchev–Trinajstić information content (AvgIpc) is 3.32. The second kappa shape index (κ2) is 8.89. The normalized spacial score (nSPS) is 10.7. The van der Waals surface area contributed by atoms with Crippen LogP contribution in [0.5, 0.6) is 5.75 Å². The van der Waals surface area contributed by atoms with Crippen LogP contribution in [0.15, 0.2) is 47.8 Å². The fraction of sp³-hybridized carbons (Fsp3) is 0.273. The SMILES string of the molecule is COC(=O)c1ccc(OCC(=O)c2cc(C)n(CCc3cccs3)c2C)cc1. The van der Waals surface area contributed by atoms with Gasteiger partial charge in [-0.3, -0.25) is 4.79 Å². The highest BCUT2D eigenvalue weighted by molar-refractivity contribution is 7.09. The molecular weight excluding hydrogens is 374 g/mol. The largest absolute Gasteiger partial charge is 0.485 e. The van der Waals surface area contributed by atoms with E-state index in [2.05, 4.69) is 26.8 Å². The number of benzene rings is 1. The Bertz CT molecular complexity index is 955. The summed E-state index contributed by atoms with van der Waals surface area (Å²) in [6.07, 6.45) is 0.949. The van der Waals surface area contributed by atoms with E-state index in [1.54, 1.807) is 35.6 Å². The van der Waals surface area contributed by atoms with Crippen molar-refractivity contribution in [3.63, 3.8) is 0 Å². The van der Waals surface area contributed by atoms with E-state index in [-0.39, 0.29) is 12.4 Å². The van der Waals surface area contributed by atoms with Gasteiger partial charge >= 0.3 is 5.97 Å². The van der Waals surface area contributed by atoms with Gasteiger partial charge in [-0.25, -0.2) is 4.79 Å². The maximum Gasteiger partial charge on any atom is 0.337 e. The third kappa shape index (κ3) is 4.51. The van der Waals surface area contributed by atoms with Crippen LogP contribution in [-0.2, 0) is 17.7 Å². The lowest BCUT2D eigenvalue weighted by Gasteiger charge is -2.09. The van der Waals surface area contributed by atoms with Crippen molar-refractivity contribution in [3.8, 4) is 5.75 Å². The third-order valence-corrected chi connectivity index (χ3v) is 5.62. The molecule has 28 heavy (non-hydrogen) atoms. The Balaban J connectivity index is 1.62. The minimum atomic E-state index is -0.405. The van der Waals surface area contributed by atoms with Crippen LogP contribution in [0.1, 0.15) is 37.0 Å². The Hall–Kier alpha value is -2.86. The van der Waals surface area contributed by atoms with Gasteiger partial charge in [0.2, 0.25) is 5.78 Å². The number of aromatic nitrogens is 1. The molecule has 1 aromatic carbocycles. The number of carbonyl (C=O) groups is 2. The molecule has 0 N–H and O–H groups in total. The number of ketones is 1. The van der Waals surface area contributed by atoms with Crippen LogP contribution < -0.4 is 4.74 Å². The van der Waals surface area contributed by atoms with Crippen molar-refractivity contribution in [2.24, 2.45) is 0 Å². The molecule has 0 fully saturated rings. The number of thiophene rings is 1. The summed E-state index contributed by atoms with van der Waals surface area (Å²) in [5, 5.41) is 2.08. The number of nitrogens with zero attached hydrogens (tertiary/aromatic N) is 1. The van der Waals surface area contributed by atoms with Gasteiger partial charge in [-0.1, -0.05) is 6.07 Å². The summed E-state index contributed by atoms with van der Waals surface area (Å²) in [5.74, 6) is 0.0673. The zero-order valence-corrected chi connectivity index (χ0v) is 17.0. The molecule has 0 spiro atoms. The van der Waals surface area contributed by atoms with Crippen molar-refractivity contribution in [1.29, 1.82) is 0 Å². The predicted molar refractivity (Wildman–Crippen MR) is 110 cm³/mol. The molecule has 0 aliphatic carbocycles. The summed E-state index contributed by atoms with van der Waals surface area (Å²) in [6.45, 7) is 4.79. The fourth-order valence-corrected chi connectivity index (χ4v) is 3.83. The van der Waals surface area contributed by atoms with E-state index in [0.717, 1.165) is 24.4 Å². The highest BCUT2D eigenvalue weighted by Crippen LogP contribution is 2.19. The highest BCUT2D eigenvalue weighted by atomic mass is 32.1. The first-order valence-corrected chi connectivity index (χ1v) is 9.91. The lowest BCUT2D eigenvalue weighted by Crippen LogP contribution is -2.13. The maximum absolute atomic E-state index is 12.6. The first-order chi connectivity index (χ1) is 13.5. The first-order valence-electron chi connectivity index (χ1n) is 9.03. The molecule has 0 bridgehead atoms. The minimum absolute atomic E-state index is 0.0488. The van der Waals surface area contributed by atoms with E-state index in [4.69, 9.17) is 4.74 Å². The molecule has 0 radical (unpaired) electrons. The summed E-state index contributed by atoms with van der Waals surface area (Å²) in [5.41, 5.74) is 3.16. The average molecular weight is 397 g/mol. The summed E-state index contributed by atoms with van der Waals surface area (Å²) < 4.78 is 12.4. The quantitative estimate of drug-likeness (QED) is 0.416. The molecule has 0 saturated heterocycles. The maximum atomic E-state index is 12.6. The molecule has 0 amide bonds. The number of ether oxygens (including phenoxy) is 2. The number of carbonyl (C=O) groups excluding carboxylic acids is 2. The number of rotatable bonds is 8. The Morgan fingerprint density at radius 1 is 1.11 bits per heavy atom. The number of hydrogen-bond donors (Lipinski definition) is 0. The smallest absolute Gasteiger partial charge is 0.337 e. The monoisotopic (exact) mass is 397 g/mol. The number of methoxy groups -OCH3 is 1. The number of hydrogen-bond acceptors (Lipinski definition) is 5. The van der Waals surface area contributed by atoms with E-state index in [1.807, 2.05) is 19.9 Å². The van der Waals surface area contributed by atoms with Crippen LogP contribution in [0.3, 0.4) is 0 Å². The van der Waals surface area contributed by atoms with Crippen molar-refractivity contribution in [2.45, 2.75) is 26.8 Å². The molecule has 0 unspecified atom stereocenters. The van der Waals surface area contributed by atoms with E-state index in [9.17, 15) is 9.59 Å². The molecule has 3 rings (SSSR count). The van der Waals surface area contributed by atoms with Gasteiger partial charge < -0.3 is 14.0 Å². The molecule has 146 valence electrons. The third-order valence-electron chi connectivity index (χ3n) is 4.68. The van der Waals surface area contributed by atoms with Crippen LogP contribution in [0.2, 0.25) is 0 Å². The second-order valence-corrected chi connectivity index (χ2v) is 7.53. The number of esters is 1. The molecule has 2 heterocycles. The molecule has 0 aliphatic heterocycles. The molecule has 0 saturated carbocycles. The Morgan fingerprint density at radius 2 is 1.86 bits per heavy atom. The molecular formula is C22H23NO4S. The van der Waals surface area contributed by atoms with Crippen LogP contribution >= 0.6 is 11.3 Å². The zero-order valence-electron chi connectivity index (χ0n) is 16.2. The standard InChI is InChI=1S/C22H23NO4S/c1-15-13-20(16(2)23(15)11-10-19-5-4-12-28-19)21(24)14-27-18-8-6-17(7-9-18)22(25)26-3/h4-9,12-13H,10-11,14H2,1-3H3. The van der Waals surface area contributed by atoms with Crippen molar-refractivity contribution in [3.05, 3.63) is 75.2 Å². The minimum Gasteiger partial charge on any atom is -0.485 e.